The van der Waals surface area contributed by atoms with Gasteiger partial charge in [0.1, 0.15) is 0 Å². The first-order valence-electron chi connectivity index (χ1n) is 34.2. The van der Waals surface area contributed by atoms with Crippen molar-refractivity contribution in [3.63, 3.8) is 0 Å². The minimum Gasteiger partial charge on any atom is -0.310 e. The normalized spacial score (nSPS) is 11.7. The number of rotatable bonds is 8. The third-order valence-electron chi connectivity index (χ3n) is 20.7. The molecule has 0 aliphatic carbocycles. The molecule has 21 rings (SSSR count). The molecule has 0 spiro atoms. The van der Waals surface area contributed by atoms with Crippen molar-refractivity contribution in [3.05, 3.63) is 357 Å². The van der Waals surface area contributed by atoms with E-state index in [0.717, 1.165) is 88.8 Å². The van der Waals surface area contributed by atoms with Crippen LogP contribution in [0.15, 0.2) is 334 Å². The quantitative estimate of drug-likeness (QED) is 0.113. The highest BCUT2D eigenvalue weighted by Gasteiger charge is 2.20. The summed E-state index contributed by atoms with van der Waals surface area (Å²) in [7, 11) is 0. The van der Waals surface area contributed by atoms with Crippen molar-refractivity contribution in [1.29, 1.82) is 0 Å². The zero-order valence-corrected chi connectivity index (χ0v) is 54.9. The molecule has 0 fully saturated rings. The topological polar surface area (TPSA) is 57.2 Å². The van der Waals surface area contributed by atoms with Crippen molar-refractivity contribution in [2.75, 3.05) is 0 Å². The molecule has 0 saturated carbocycles. The second kappa shape index (κ2) is 23.3. The molecule has 7 nitrogen and oxygen atoms in total. The van der Waals surface area contributed by atoms with Crippen molar-refractivity contribution in [2.24, 2.45) is 0 Å². The van der Waals surface area contributed by atoms with E-state index in [1.165, 1.54) is 109 Å². The number of hydrogen-bond donors (Lipinski definition) is 0. The van der Waals surface area contributed by atoms with Crippen molar-refractivity contribution < 1.29 is 0 Å². The molecule has 16 aromatic carbocycles. The van der Waals surface area contributed by atoms with Gasteiger partial charge in [-0.2, -0.15) is 0 Å². The van der Waals surface area contributed by atoms with Gasteiger partial charge in [-0.1, -0.05) is 188 Å². The van der Waals surface area contributed by atoms with E-state index >= 15 is 0 Å². The van der Waals surface area contributed by atoms with Crippen molar-refractivity contribution in [1.82, 2.24) is 24.1 Å². The zero-order valence-electron chi connectivity index (χ0n) is 54.9. The second-order valence-electron chi connectivity index (χ2n) is 26.5. The lowest BCUT2D eigenvalue weighted by Gasteiger charge is -2.15. The van der Waals surface area contributed by atoms with E-state index in [-0.39, 0.29) is 0 Å². The van der Waals surface area contributed by atoms with Gasteiger partial charge in [0.05, 0.1) is 41.1 Å². The van der Waals surface area contributed by atoms with Gasteiger partial charge in [-0.3, -0.25) is 9.97 Å². The summed E-state index contributed by atoms with van der Waals surface area (Å²) in [6.07, 6.45) is 5.47. The Balaban J connectivity index is 0.000000137. The number of pyridine rings is 3. The second-order valence-corrected chi connectivity index (χ2v) is 26.5. The Hall–Kier alpha value is -14.1. The Morgan fingerprint density at radius 2 is 0.637 bits per heavy atom. The molecule has 5 heterocycles. The molecule has 0 N–H and O–H groups in total. The maximum absolute atomic E-state index is 7.65. The third kappa shape index (κ3) is 9.53. The average molecular weight is 1290 g/mol. The Morgan fingerprint density at radius 3 is 1.10 bits per heavy atom. The van der Waals surface area contributed by atoms with Gasteiger partial charge in [0.2, 0.25) is 0 Å². The summed E-state index contributed by atoms with van der Waals surface area (Å²) in [6.45, 7) is 15.3. The van der Waals surface area contributed by atoms with E-state index in [9.17, 15) is 0 Å². The molecule has 102 heavy (non-hydrogen) atoms. The largest absolute Gasteiger partial charge is 0.310 e. The molecule has 470 valence electrons. The molecule has 0 unspecified atom stereocenters. The SMILES string of the molecule is [C-]#[N+]c1ccc2c3ccc(-c4cc5ccc6cc(-c7ccc(-c8cccc9cccnc89)cc7)cc7ccc(c4)c5c67)cc3n(-c3ccccc3)c2c1.[C-]#[N+]c1ccc2c3ccc(-c4cc5ccc6cc(-c7cccc(-c8ccncc8)n7)cc7ccc(c4)c5c67)cc3n(-c3ccccc3)c2c1. The summed E-state index contributed by atoms with van der Waals surface area (Å²) in [6, 6.07) is 113. The monoisotopic (exact) mass is 1290 g/mol. The van der Waals surface area contributed by atoms with E-state index in [1.54, 1.807) is 12.4 Å². The highest BCUT2D eigenvalue weighted by Crippen LogP contribution is 2.45. The number of nitrogens with zero attached hydrogens (tertiary/aromatic N) is 7. The average Bonchev–Trinajstić information content (AvgIpc) is 1.17. The molecule has 0 bridgehead atoms. The predicted octanol–water partition coefficient (Wildman–Crippen LogP) is 25.8. The minimum atomic E-state index is 0.640. The first-order chi connectivity index (χ1) is 50.4. The highest BCUT2D eigenvalue weighted by atomic mass is 15.0. The lowest BCUT2D eigenvalue weighted by atomic mass is 9.89. The van der Waals surface area contributed by atoms with Crippen molar-refractivity contribution in [2.45, 2.75) is 0 Å². The number of hydrogen-bond acceptors (Lipinski definition) is 3. The maximum Gasteiger partial charge on any atom is 0.189 e. The zero-order chi connectivity index (χ0) is 67.5. The first-order valence-corrected chi connectivity index (χ1v) is 34.2. The molecule has 0 amide bonds. The number of fused-ring (bicyclic) bond motifs is 7. The molecule has 0 saturated heterocycles. The lowest BCUT2D eigenvalue weighted by Crippen LogP contribution is -1.93. The predicted molar refractivity (Wildman–Crippen MR) is 425 cm³/mol. The van der Waals surface area contributed by atoms with Gasteiger partial charge in [0.15, 0.2) is 11.4 Å². The van der Waals surface area contributed by atoms with Gasteiger partial charge in [-0.15, -0.1) is 0 Å². The van der Waals surface area contributed by atoms with Gasteiger partial charge in [-0.05, 0) is 231 Å². The standard InChI is InChI=1S/C50H29N3.C45H26N4/c1-51-41-21-23-45-44-22-20-34(29-46(44)53(47(45)30-41)42-9-3-2-4-10-42)40-27-37-18-16-35-25-39(26-36-17-19-38(28-40)49(37)48(35)36)31-12-14-32(15-13-31)43-11-5-7-33-8-6-24-52-50(33)43;1-46-36-15-17-39-38-16-14-29(26-42(38)49(43(39)27-36)37-6-3-2-4-7-37)34-22-30-10-12-32-24-35(25-33-13-11-31(23-34)44(30)45(32)33)41-9-5-8-40(48-41)28-18-20-47-21-19-28/h2-30H;2-27H. The van der Waals surface area contributed by atoms with E-state index in [1.807, 2.05) is 66.9 Å². The molecular formula is C95H55N7. The fourth-order valence-electron chi connectivity index (χ4n) is 16.0. The number of benzene rings is 16. The van der Waals surface area contributed by atoms with Gasteiger partial charge < -0.3 is 9.13 Å². The van der Waals surface area contributed by atoms with Crippen LogP contribution in [0.2, 0.25) is 0 Å². The van der Waals surface area contributed by atoms with Crippen LogP contribution in [-0.2, 0) is 0 Å². The summed E-state index contributed by atoms with van der Waals surface area (Å²) in [5.41, 5.74) is 22.3. The molecule has 21 aromatic rings. The summed E-state index contributed by atoms with van der Waals surface area (Å²) < 4.78 is 4.58. The maximum atomic E-state index is 7.65. The summed E-state index contributed by atoms with van der Waals surface area (Å²) >= 11 is 0. The molecule has 0 aliphatic rings. The summed E-state index contributed by atoms with van der Waals surface area (Å²) in [4.78, 5) is 21.3. The van der Waals surface area contributed by atoms with Crippen LogP contribution in [0.4, 0.5) is 11.4 Å². The molecule has 5 aromatic heterocycles. The summed E-state index contributed by atoms with van der Waals surface area (Å²) in [5, 5.41) is 20.8. The van der Waals surface area contributed by atoms with Crippen LogP contribution in [-0.4, -0.2) is 24.1 Å². The van der Waals surface area contributed by atoms with Gasteiger partial charge >= 0.3 is 0 Å². The van der Waals surface area contributed by atoms with Gasteiger partial charge in [-0.25, -0.2) is 14.7 Å². The smallest absolute Gasteiger partial charge is 0.189 e. The van der Waals surface area contributed by atoms with Gasteiger partial charge in [0.25, 0.3) is 0 Å². The summed E-state index contributed by atoms with van der Waals surface area (Å²) in [5.74, 6) is 0. The van der Waals surface area contributed by atoms with E-state index in [2.05, 4.69) is 284 Å². The van der Waals surface area contributed by atoms with Crippen molar-refractivity contribution >= 4 is 131 Å². The molecule has 7 heteroatoms. The Morgan fingerprint density at radius 1 is 0.255 bits per heavy atom. The van der Waals surface area contributed by atoms with Crippen LogP contribution < -0.4 is 0 Å². The fourth-order valence-corrected chi connectivity index (χ4v) is 16.0. The number of aromatic nitrogens is 5. The van der Waals surface area contributed by atoms with Crippen LogP contribution >= 0.6 is 0 Å². The van der Waals surface area contributed by atoms with Crippen LogP contribution in [0.1, 0.15) is 0 Å². The Kier molecular flexibility index (Phi) is 13.3. The van der Waals surface area contributed by atoms with Crippen LogP contribution in [0.3, 0.4) is 0 Å². The molecule has 0 aliphatic heterocycles. The van der Waals surface area contributed by atoms with Gasteiger partial charge in [0, 0.05) is 84.6 Å². The lowest BCUT2D eigenvalue weighted by molar-refractivity contribution is 1.18. The third-order valence-corrected chi connectivity index (χ3v) is 20.7. The van der Waals surface area contributed by atoms with Crippen LogP contribution in [0.25, 0.3) is 207 Å². The van der Waals surface area contributed by atoms with E-state index in [0.29, 0.717) is 11.4 Å². The Bertz CT molecular complexity index is 6920. The Labute approximate surface area is 586 Å². The fraction of sp³-hybridized carbons (Fsp3) is 0. The minimum absolute atomic E-state index is 0.640. The molecule has 0 radical (unpaired) electrons. The van der Waals surface area contributed by atoms with Crippen LogP contribution in [0, 0.1) is 13.1 Å². The molecular weight excluding hydrogens is 1240 g/mol. The van der Waals surface area contributed by atoms with E-state index in [4.69, 9.17) is 18.1 Å². The number of para-hydroxylation sites is 3. The first kappa shape index (κ1) is 58.1. The van der Waals surface area contributed by atoms with Crippen molar-refractivity contribution in [3.8, 4) is 78.4 Å². The highest BCUT2D eigenvalue weighted by molar-refractivity contribution is 6.26. The van der Waals surface area contributed by atoms with E-state index < -0.39 is 0 Å². The molecule has 0 atom stereocenters. The van der Waals surface area contributed by atoms with Crippen LogP contribution in [0.5, 0.6) is 0 Å².